The molecule has 0 unspecified atom stereocenters. The van der Waals surface area contributed by atoms with Crippen molar-refractivity contribution >= 4 is 22.5 Å². The molecule has 4 rings (SSSR count). The van der Waals surface area contributed by atoms with Crippen molar-refractivity contribution < 1.29 is 4.79 Å². The zero-order chi connectivity index (χ0) is 21.1. The highest BCUT2D eigenvalue weighted by atomic mass is 16.1. The maximum atomic E-state index is 12.8. The number of fused-ring (bicyclic) bond motifs is 1. The number of nitrogens with one attached hydrogen (secondary N) is 1. The summed E-state index contributed by atoms with van der Waals surface area (Å²) >= 11 is 0. The van der Waals surface area contributed by atoms with Gasteiger partial charge in [-0.2, -0.15) is 0 Å². The molecule has 5 nitrogen and oxygen atoms in total. The predicted molar refractivity (Wildman–Crippen MR) is 123 cm³/mol. The Morgan fingerprint density at radius 2 is 1.70 bits per heavy atom. The Balaban J connectivity index is 1.46. The molecule has 2 aromatic carbocycles. The second kappa shape index (κ2) is 8.84. The van der Waals surface area contributed by atoms with Crippen molar-refractivity contribution in [3.05, 3.63) is 70.9 Å². The molecule has 1 N–H and O–H groups in total. The van der Waals surface area contributed by atoms with E-state index in [0.717, 1.165) is 53.9 Å². The molecule has 0 atom stereocenters. The number of nitrogens with zero attached hydrogens (tertiary/aromatic N) is 3. The number of rotatable bonds is 5. The second-order valence-corrected chi connectivity index (χ2v) is 8.19. The van der Waals surface area contributed by atoms with E-state index in [-0.39, 0.29) is 5.91 Å². The molecule has 1 aliphatic heterocycles. The number of likely N-dealkylation sites (N-methyl/N-ethyl adjacent to an activating group) is 1. The molecule has 0 saturated carbocycles. The number of benzene rings is 2. The van der Waals surface area contributed by atoms with E-state index in [4.69, 9.17) is 4.98 Å². The van der Waals surface area contributed by atoms with E-state index in [9.17, 15) is 4.79 Å². The lowest BCUT2D eigenvalue weighted by atomic mass is 9.99. The first-order valence-electron chi connectivity index (χ1n) is 10.7. The van der Waals surface area contributed by atoms with Crippen LogP contribution in [0.3, 0.4) is 0 Å². The summed E-state index contributed by atoms with van der Waals surface area (Å²) in [5, 5.41) is 4.25. The van der Waals surface area contributed by atoms with Crippen molar-refractivity contribution in [2.24, 2.45) is 0 Å². The zero-order valence-electron chi connectivity index (χ0n) is 18.1. The summed E-state index contributed by atoms with van der Waals surface area (Å²) in [4.78, 5) is 22.3. The van der Waals surface area contributed by atoms with Crippen LogP contribution >= 0.6 is 0 Å². The first-order valence-corrected chi connectivity index (χ1v) is 10.7. The molecule has 3 aromatic rings. The number of amides is 1. The van der Waals surface area contributed by atoms with E-state index < -0.39 is 0 Å². The van der Waals surface area contributed by atoms with Gasteiger partial charge in [0, 0.05) is 49.5 Å². The molecule has 30 heavy (non-hydrogen) atoms. The molecule has 0 aliphatic carbocycles. The fourth-order valence-corrected chi connectivity index (χ4v) is 4.26. The van der Waals surface area contributed by atoms with Gasteiger partial charge < -0.3 is 15.1 Å². The Hall–Kier alpha value is -2.92. The zero-order valence-corrected chi connectivity index (χ0v) is 18.1. The molecule has 1 aromatic heterocycles. The third kappa shape index (κ3) is 4.31. The van der Waals surface area contributed by atoms with E-state index in [1.165, 1.54) is 11.3 Å². The van der Waals surface area contributed by atoms with Gasteiger partial charge in [0.1, 0.15) is 0 Å². The summed E-state index contributed by atoms with van der Waals surface area (Å²) in [6.45, 7) is 8.78. The first kappa shape index (κ1) is 20.4. The molecule has 2 heterocycles. The number of hydrogen-bond acceptors (Lipinski definition) is 4. The molecule has 1 saturated heterocycles. The van der Waals surface area contributed by atoms with Crippen LogP contribution in [-0.4, -0.2) is 49.0 Å². The number of para-hydroxylation sites is 2. The van der Waals surface area contributed by atoms with E-state index in [1.807, 2.05) is 31.2 Å². The van der Waals surface area contributed by atoms with Crippen LogP contribution in [0.4, 0.5) is 5.69 Å². The van der Waals surface area contributed by atoms with Gasteiger partial charge in [0.2, 0.25) is 5.91 Å². The highest BCUT2D eigenvalue weighted by Crippen LogP contribution is 2.24. The molecule has 0 spiro atoms. The molecule has 1 fully saturated rings. The second-order valence-electron chi connectivity index (χ2n) is 8.19. The molecular formula is C25H30N4O. The molecule has 0 radical (unpaired) electrons. The number of pyridine rings is 1. The smallest absolute Gasteiger partial charge is 0.224 e. The van der Waals surface area contributed by atoms with Crippen LogP contribution in [0.5, 0.6) is 0 Å². The van der Waals surface area contributed by atoms with Crippen LogP contribution < -0.4 is 10.2 Å². The van der Waals surface area contributed by atoms with Crippen molar-refractivity contribution in [3.63, 3.8) is 0 Å². The highest BCUT2D eigenvalue weighted by Gasteiger charge is 2.17. The summed E-state index contributed by atoms with van der Waals surface area (Å²) in [6.07, 6.45) is 0.353. The third-order valence-electron chi connectivity index (χ3n) is 6.13. The van der Waals surface area contributed by atoms with Crippen LogP contribution in [0.2, 0.25) is 0 Å². The summed E-state index contributed by atoms with van der Waals surface area (Å²) in [5.41, 5.74) is 6.48. The summed E-state index contributed by atoms with van der Waals surface area (Å²) in [5.74, 6) is 0.0338. The lowest BCUT2D eigenvalue weighted by Crippen LogP contribution is -2.45. The van der Waals surface area contributed by atoms with Gasteiger partial charge in [-0.3, -0.25) is 9.78 Å². The number of carbonyl (C=O) groups is 1. The maximum absolute atomic E-state index is 12.8. The number of hydrogen-bond donors (Lipinski definition) is 1. The highest BCUT2D eigenvalue weighted by molar-refractivity contribution is 5.86. The third-order valence-corrected chi connectivity index (χ3v) is 6.13. The molecular weight excluding hydrogens is 372 g/mol. The summed E-state index contributed by atoms with van der Waals surface area (Å²) in [6, 6.07) is 16.5. The Morgan fingerprint density at radius 1 is 1.00 bits per heavy atom. The quantitative estimate of drug-likeness (QED) is 0.710. The van der Waals surface area contributed by atoms with Crippen molar-refractivity contribution in [3.8, 4) is 0 Å². The van der Waals surface area contributed by atoms with Crippen molar-refractivity contribution in [1.29, 1.82) is 0 Å². The Morgan fingerprint density at radius 3 is 2.50 bits per heavy atom. The van der Waals surface area contributed by atoms with Crippen LogP contribution in [0.15, 0.2) is 48.5 Å². The number of aromatic nitrogens is 1. The number of aryl methyl sites for hydroxylation is 2. The van der Waals surface area contributed by atoms with Gasteiger partial charge in [0.05, 0.1) is 11.9 Å². The van der Waals surface area contributed by atoms with Gasteiger partial charge in [0.15, 0.2) is 0 Å². The summed E-state index contributed by atoms with van der Waals surface area (Å²) in [7, 11) is 2.16. The van der Waals surface area contributed by atoms with Crippen LogP contribution in [0, 0.1) is 13.8 Å². The fourth-order valence-electron chi connectivity index (χ4n) is 4.26. The van der Waals surface area contributed by atoms with Gasteiger partial charge in [-0.15, -0.1) is 0 Å². The topological polar surface area (TPSA) is 48.5 Å². The van der Waals surface area contributed by atoms with Gasteiger partial charge in [-0.1, -0.05) is 36.4 Å². The van der Waals surface area contributed by atoms with E-state index in [1.54, 1.807) is 0 Å². The minimum Gasteiger partial charge on any atom is -0.369 e. The normalized spacial score (nSPS) is 14.8. The van der Waals surface area contributed by atoms with Crippen molar-refractivity contribution in [1.82, 2.24) is 15.2 Å². The largest absolute Gasteiger partial charge is 0.369 e. The van der Waals surface area contributed by atoms with E-state index in [0.29, 0.717) is 13.0 Å². The standard InChI is InChI=1S/C25H30N4O/c1-18-21-9-5-6-10-23(21)27-19(2)22(18)16-25(30)26-17-20-8-4-7-11-24(20)29-14-12-28(3)13-15-29/h4-11H,12-17H2,1-3H3,(H,26,30). The number of anilines is 1. The lowest BCUT2D eigenvalue weighted by Gasteiger charge is -2.35. The molecule has 5 heteroatoms. The predicted octanol–water partition coefficient (Wildman–Crippen LogP) is 3.46. The van der Waals surface area contributed by atoms with Crippen molar-refractivity contribution in [2.75, 3.05) is 38.1 Å². The van der Waals surface area contributed by atoms with E-state index >= 15 is 0 Å². The average molecular weight is 403 g/mol. The SMILES string of the molecule is Cc1nc2ccccc2c(C)c1CC(=O)NCc1ccccc1N1CCN(C)CC1. The van der Waals surface area contributed by atoms with E-state index in [2.05, 4.69) is 53.4 Å². The number of piperazine rings is 1. The van der Waals surface area contributed by atoms with Gasteiger partial charge >= 0.3 is 0 Å². The molecule has 1 aliphatic rings. The first-order chi connectivity index (χ1) is 14.5. The van der Waals surface area contributed by atoms with Gasteiger partial charge in [0.25, 0.3) is 0 Å². The van der Waals surface area contributed by atoms with Gasteiger partial charge in [-0.25, -0.2) is 0 Å². The Bertz CT molecular complexity index is 1050. The molecule has 1 amide bonds. The maximum Gasteiger partial charge on any atom is 0.224 e. The lowest BCUT2D eigenvalue weighted by molar-refractivity contribution is -0.120. The Labute approximate surface area is 178 Å². The van der Waals surface area contributed by atoms with Gasteiger partial charge in [-0.05, 0) is 49.7 Å². The fraction of sp³-hybridized carbons (Fsp3) is 0.360. The van der Waals surface area contributed by atoms with Crippen LogP contribution in [0.25, 0.3) is 10.9 Å². The Kier molecular flexibility index (Phi) is 6.00. The van der Waals surface area contributed by atoms with Crippen LogP contribution in [-0.2, 0) is 17.8 Å². The monoisotopic (exact) mass is 402 g/mol. The molecule has 156 valence electrons. The minimum atomic E-state index is 0.0338. The average Bonchev–Trinajstić information content (AvgIpc) is 2.76. The number of carbonyl (C=O) groups excluding carboxylic acids is 1. The minimum absolute atomic E-state index is 0.0338. The summed E-state index contributed by atoms with van der Waals surface area (Å²) < 4.78 is 0. The molecule has 0 bridgehead atoms. The van der Waals surface area contributed by atoms with Crippen LogP contribution in [0.1, 0.15) is 22.4 Å². The van der Waals surface area contributed by atoms with Crippen molar-refractivity contribution in [2.45, 2.75) is 26.8 Å².